The van der Waals surface area contributed by atoms with Crippen LogP contribution >= 0.6 is 0 Å². The van der Waals surface area contributed by atoms with Crippen molar-refractivity contribution >= 4 is 17.9 Å². The molecule has 0 atom stereocenters. The van der Waals surface area contributed by atoms with Gasteiger partial charge in [0.1, 0.15) is 0 Å². The van der Waals surface area contributed by atoms with E-state index in [1.54, 1.807) is 35.1 Å². The number of esters is 1. The molecule has 1 aromatic heterocycles. The highest BCUT2D eigenvalue weighted by Gasteiger charge is 2.13. The summed E-state index contributed by atoms with van der Waals surface area (Å²) in [4.78, 5) is 35.2. The third-order valence-corrected chi connectivity index (χ3v) is 3.77. The Morgan fingerprint density at radius 2 is 1.85 bits per heavy atom. The Morgan fingerprint density at radius 1 is 1.15 bits per heavy atom. The van der Waals surface area contributed by atoms with Gasteiger partial charge in [-0.2, -0.15) is 5.10 Å². The maximum absolute atomic E-state index is 12.0. The predicted molar refractivity (Wildman–Crippen MR) is 99.6 cm³/mol. The molecule has 1 aromatic carbocycles. The van der Waals surface area contributed by atoms with E-state index in [-0.39, 0.29) is 0 Å². The summed E-state index contributed by atoms with van der Waals surface area (Å²) in [5.74, 6) is -0.881. The molecule has 2 aromatic rings. The molecule has 0 bridgehead atoms. The van der Waals surface area contributed by atoms with Gasteiger partial charge in [0.25, 0.3) is 5.91 Å². The number of imide groups is 1. The van der Waals surface area contributed by atoms with Crippen LogP contribution in [-0.2, 0) is 9.53 Å². The van der Waals surface area contributed by atoms with Crippen molar-refractivity contribution in [1.29, 1.82) is 0 Å². The Balaban J connectivity index is 1.79. The maximum atomic E-state index is 12.0. The standard InChI is InChI=1S/C19H24N4O4/c1-13(2)8-10-20-19(26)22-17(24)12-27-18(25)15-4-6-16(7-5-15)23-14(3)9-11-21-23/h4-7,9,11,13H,8,10,12H2,1-3H3,(H2,20,22,24,26). The summed E-state index contributed by atoms with van der Waals surface area (Å²) in [6.07, 6.45) is 2.50. The fraction of sp³-hybridized carbons (Fsp3) is 0.368. The smallest absolute Gasteiger partial charge is 0.338 e. The first-order chi connectivity index (χ1) is 12.9. The molecule has 2 N–H and O–H groups in total. The summed E-state index contributed by atoms with van der Waals surface area (Å²) < 4.78 is 6.67. The zero-order valence-electron chi connectivity index (χ0n) is 15.7. The number of amides is 3. The van der Waals surface area contributed by atoms with Gasteiger partial charge in [-0.15, -0.1) is 0 Å². The van der Waals surface area contributed by atoms with Crippen LogP contribution in [0.15, 0.2) is 36.5 Å². The van der Waals surface area contributed by atoms with E-state index in [0.29, 0.717) is 18.0 Å². The lowest BCUT2D eigenvalue weighted by molar-refractivity contribution is -0.123. The fourth-order valence-electron chi connectivity index (χ4n) is 2.27. The Bertz CT molecular complexity index is 796. The topological polar surface area (TPSA) is 102 Å². The van der Waals surface area contributed by atoms with Gasteiger partial charge in [0.2, 0.25) is 0 Å². The molecular formula is C19H24N4O4. The van der Waals surface area contributed by atoms with Crippen LogP contribution < -0.4 is 10.6 Å². The Kier molecular flexibility index (Phi) is 7.10. The van der Waals surface area contributed by atoms with E-state index in [1.807, 2.05) is 26.8 Å². The van der Waals surface area contributed by atoms with Crippen LogP contribution in [0.2, 0.25) is 0 Å². The van der Waals surface area contributed by atoms with E-state index in [9.17, 15) is 14.4 Å². The Morgan fingerprint density at radius 3 is 2.44 bits per heavy atom. The van der Waals surface area contributed by atoms with E-state index in [1.165, 1.54) is 0 Å². The number of rotatable bonds is 7. The lowest BCUT2D eigenvalue weighted by Gasteiger charge is -2.09. The summed E-state index contributed by atoms with van der Waals surface area (Å²) in [5.41, 5.74) is 2.08. The molecule has 0 saturated carbocycles. The van der Waals surface area contributed by atoms with Crippen LogP contribution in [0.1, 0.15) is 36.3 Å². The quantitative estimate of drug-likeness (QED) is 0.726. The average molecular weight is 372 g/mol. The number of benzene rings is 1. The second-order valence-corrected chi connectivity index (χ2v) is 6.49. The molecule has 27 heavy (non-hydrogen) atoms. The minimum Gasteiger partial charge on any atom is -0.452 e. The molecule has 0 aliphatic carbocycles. The fourth-order valence-corrected chi connectivity index (χ4v) is 2.27. The van der Waals surface area contributed by atoms with Gasteiger partial charge in [0.15, 0.2) is 6.61 Å². The second kappa shape index (κ2) is 9.51. The Labute approximate surface area is 157 Å². The highest BCUT2D eigenvalue weighted by atomic mass is 16.5. The van der Waals surface area contributed by atoms with Crippen molar-refractivity contribution in [3.63, 3.8) is 0 Å². The molecular weight excluding hydrogens is 348 g/mol. The van der Waals surface area contributed by atoms with Crippen molar-refractivity contribution in [2.24, 2.45) is 5.92 Å². The minimum atomic E-state index is -0.686. The normalized spacial score (nSPS) is 10.5. The van der Waals surface area contributed by atoms with Crippen LogP contribution in [0.4, 0.5) is 4.79 Å². The molecule has 0 spiro atoms. The Hall–Kier alpha value is -3.16. The van der Waals surface area contributed by atoms with Crippen molar-refractivity contribution in [1.82, 2.24) is 20.4 Å². The lowest BCUT2D eigenvalue weighted by atomic mass is 10.1. The third-order valence-electron chi connectivity index (χ3n) is 3.77. The summed E-state index contributed by atoms with van der Waals surface area (Å²) in [6, 6.07) is 7.93. The maximum Gasteiger partial charge on any atom is 0.338 e. The summed E-state index contributed by atoms with van der Waals surface area (Å²) in [5, 5.41) is 8.87. The van der Waals surface area contributed by atoms with Crippen LogP contribution in [0.25, 0.3) is 5.69 Å². The van der Waals surface area contributed by atoms with Crippen LogP contribution in [-0.4, -0.2) is 40.8 Å². The molecule has 8 heteroatoms. The number of carbonyl (C=O) groups excluding carboxylic acids is 3. The van der Waals surface area contributed by atoms with Gasteiger partial charge in [-0.3, -0.25) is 10.1 Å². The number of aryl methyl sites for hydroxylation is 1. The molecule has 8 nitrogen and oxygen atoms in total. The zero-order valence-corrected chi connectivity index (χ0v) is 15.7. The first-order valence-electron chi connectivity index (χ1n) is 8.72. The van der Waals surface area contributed by atoms with E-state index < -0.39 is 24.5 Å². The van der Waals surface area contributed by atoms with Crippen molar-refractivity contribution in [2.45, 2.75) is 27.2 Å². The number of nitrogens with zero attached hydrogens (tertiary/aromatic N) is 2. The van der Waals surface area contributed by atoms with E-state index in [0.717, 1.165) is 17.8 Å². The number of hydrogen-bond acceptors (Lipinski definition) is 5. The predicted octanol–water partition coefficient (Wildman–Crippen LogP) is 2.21. The molecule has 1 heterocycles. The molecule has 0 fully saturated rings. The van der Waals surface area contributed by atoms with Crippen LogP contribution in [0.3, 0.4) is 0 Å². The van der Waals surface area contributed by atoms with E-state index >= 15 is 0 Å². The van der Waals surface area contributed by atoms with Crippen molar-refractivity contribution < 1.29 is 19.1 Å². The van der Waals surface area contributed by atoms with Gasteiger partial charge in [-0.05, 0) is 49.6 Å². The molecule has 2 rings (SSSR count). The van der Waals surface area contributed by atoms with E-state index in [2.05, 4.69) is 15.7 Å². The lowest BCUT2D eigenvalue weighted by Crippen LogP contribution is -2.41. The number of carbonyl (C=O) groups is 3. The number of nitrogens with one attached hydrogen (secondary N) is 2. The van der Waals surface area contributed by atoms with Crippen molar-refractivity contribution in [3.05, 3.63) is 47.8 Å². The van der Waals surface area contributed by atoms with Crippen molar-refractivity contribution in [2.75, 3.05) is 13.2 Å². The average Bonchev–Trinajstić information content (AvgIpc) is 3.05. The van der Waals surface area contributed by atoms with Gasteiger partial charge in [-0.1, -0.05) is 13.8 Å². The van der Waals surface area contributed by atoms with Gasteiger partial charge in [0, 0.05) is 18.4 Å². The third kappa shape index (κ3) is 6.25. The SMILES string of the molecule is Cc1ccnn1-c1ccc(C(=O)OCC(=O)NC(=O)NCCC(C)C)cc1. The molecule has 0 unspecified atom stereocenters. The summed E-state index contributed by atoms with van der Waals surface area (Å²) >= 11 is 0. The number of hydrogen-bond donors (Lipinski definition) is 2. The highest BCUT2D eigenvalue weighted by molar-refractivity contribution is 5.97. The van der Waals surface area contributed by atoms with Gasteiger partial charge in [0.05, 0.1) is 11.3 Å². The van der Waals surface area contributed by atoms with Gasteiger partial charge >= 0.3 is 12.0 Å². The molecule has 3 amide bonds. The zero-order chi connectivity index (χ0) is 19.8. The molecule has 0 aliphatic rings. The first-order valence-corrected chi connectivity index (χ1v) is 8.72. The first kappa shape index (κ1) is 20.2. The van der Waals surface area contributed by atoms with E-state index in [4.69, 9.17) is 4.74 Å². The monoisotopic (exact) mass is 372 g/mol. The molecule has 0 saturated heterocycles. The van der Waals surface area contributed by atoms with Crippen LogP contribution in [0.5, 0.6) is 0 Å². The highest BCUT2D eigenvalue weighted by Crippen LogP contribution is 2.12. The largest absolute Gasteiger partial charge is 0.452 e. The summed E-state index contributed by atoms with van der Waals surface area (Å²) in [6.45, 7) is 5.93. The molecule has 0 radical (unpaired) electrons. The van der Waals surface area contributed by atoms with Crippen LogP contribution in [0, 0.1) is 12.8 Å². The molecule has 144 valence electrons. The van der Waals surface area contributed by atoms with Gasteiger partial charge < -0.3 is 10.1 Å². The molecule has 0 aliphatic heterocycles. The van der Waals surface area contributed by atoms with Crippen molar-refractivity contribution in [3.8, 4) is 5.69 Å². The second-order valence-electron chi connectivity index (χ2n) is 6.49. The number of ether oxygens (including phenoxy) is 1. The van der Waals surface area contributed by atoms with Gasteiger partial charge in [-0.25, -0.2) is 14.3 Å². The number of aromatic nitrogens is 2. The minimum absolute atomic E-state index is 0.303. The number of urea groups is 1. The summed E-state index contributed by atoms with van der Waals surface area (Å²) in [7, 11) is 0.